The summed E-state index contributed by atoms with van der Waals surface area (Å²) < 4.78 is 0.770. The molecule has 3 nitrogen and oxygen atoms in total. The van der Waals surface area contributed by atoms with E-state index in [1.165, 1.54) is 19.3 Å². The fraction of sp³-hybridized carbons (Fsp3) is 0.467. The van der Waals surface area contributed by atoms with Gasteiger partial charge in [0.15, 0.2) is 5.11 Å². The predicted molar refractivity (Wildman–Crippen MR) is 88.8 cm³/mol. The largest absolute Gasteiger partial charge is 0.359 e. The Bertz CT molecular complexity index is 506. The molecule has 1 aromatic carbocycles. The van der Waals surface area contributed by atoms with Crippen LogP contribution in [0, 0.1) is 5.92 Å². The highest BCUT2D eigenvalue weighted by atomic mass is 79.9. The highest BCUT2D eigenvalue weighted by Crippen LogP contribution is 2.23. The van der Waals surface area contributed by atoms with Crippen LogP contribution in [-0.4, -0.2) is 17.1 Å². The highest BCUT2D eigenvalue weighted by molar-refractivity contribution is 9.10. The number of thiocarbonyl (C=S) groups is 1. The van der Waals surface area contributed by atoms with Gasteiger partial charge in [0.2, 0.25) is 0 Å². The van der Waals surface area contributed by atoms with Crippen LogP contribution in [0.5, 0.6) is 0 Å². The van der Waals surface area contributed by atoms with Crippen LogP contribution in [0.3, 0.4) is 0 Å². The Balaban J connectivity index is 1.91. The zero-order chi connectivity index (χ0) is 14.5. The lowest BCUT2D eigenvalue weighted by Crippen LogP contribution is -2.47. The Kier molecular flexibility index (Phi) is 5.54. The molecule has 1 saturated carbocycles. The summed E-state index contributed by atoms with van der Waals surface area (Å²) in [6.45, 7) is 2.23. The van der Waals surface area contributed by atoms with Crippen LogP contribution in [-0.2, 0) is 0 Å². The zero-order valence-electron chi connectivity index (χ0n) is 11.5. The maximum absolute atomic E-state index is 12.1. The van der Waals surface area contributed by atoms with Crippen LogP contribution in [0.1, 0.15) is 43.0 Å². The van der Waals surface area contributed by atoms with E-state index in [0.717, 1.165) is 10.9 Å². The normalized spacial score (nSPS) is 22.1. The first kappa shape index (κ1) is 15.4. The van der Waals surface area contributed by atoms with Crippen molar-refractivity contribution < 1.29 is 4.79 Å². The predicted octanol–water partition coefficient (Wildman–Crippen LogP) is 3.63. The summed E-state index contributed by atoms with van der Waals surface area (Å²) in [5, 5.41) is 6.45. The summed E-state index contributed by atoms with van der Waals surface area (Å²) in [4.78, 5) is 12.1. The molecule has 0 bridgehead atoms. The van der Waals surface area contributed by atoms with Gasteiger partial charge in [0.05, 0.1) is 5.56 Å². The van der Waals surface area contributed by atoms with E-state index in [0.29, 0.717) is 22.6 Å². The molecule has 1 aliphatic carbocycles. The number of benzene rings is 1. The Morgan fingerprint density at radius 1 is 1.30 bits per heavy atom. The summed E-state index contributed by atoms with van der Waals surface area (Å²) in [5.74, 6) is 0.417. The van der Waals surface area contributed by atoms with Gasteiger partial charge in [-0.25, -0.2) is 0 Å². The van der Waals surface area contributed by atoms with Gasteiger partial charge in [-0.15, -0.1) is 0 Å². The van der Waals surface area contributed by atoms with E-state index < -0.39 is 0 Å². The van der Waals surface area contributed by atoms with Gasteiger partial charge in [0.25, 0.3) is 5.91 Å². The zero-order valence-corrected chi connectivity index (χ0v) is 13.9. The minimum absolute atomic E-state index is 0.182. The topological polar surface area (TPSA) is 41.1 Å². The summed E-state index contributed by atoms with van der Waals surface area (Å²) in [5.41, 5.74) is 0.591. The van der Waals surface area contributed by atoms with Gasteiger partial charge in [-0.2, -0.15) is 0 Å². The molecule has 0 saturated heterocycles. The quantitative estimate of drug-likeness (QED) is 0.796. The van der Waals surface area contributed by atoms with Crippen LogP contribution in [0.4, 0.5) is 0 Å². The Labute approximate surface area is 133 Å². The monoisotopic (exact) mass is 354 g/mol. The third kappa shape index (κ3) is 4.03. The molecule has 1 fully saturated rings. The Morgan fingerprint density at radius 2 is 2.00 bits per heavy atom. The number of carbonyl (C=O) groups excluding carboxylic acids is 1. The number of hydrogen-bond donors (Lipinski definition) is 2. The minimum Gasteiger partial charge on any atom is -0.359 e. The van der Waals surface area contributed by atoms with E-state index in [2.05, 4.69) is 33.5 Å². The van der Waals surface area contributed by atoms with Gasteiger partial charge < -0.3 is 5.32 Å². The molecule has 1 amide bonds. The molecule has 5 heteroatoms. The van der Waals surface area contributed by atoms with E-state index in [9.17, 15) is 4.79 Å². The van der Waals surface area contributed by atoms with E-state index in [1.54, 1.807) is 6.07 Å². The molecule has 0 spiro atoms. The van der Waals surface area contributed by atoms with Crippen molar-refractivity contribution in [2.45, 2.75) is 38.6 Å². The smallest absolute Gasteiger partial charge is 0.258 e. The van der Waals surface area contributed by atoms with Crippen LogP contribution in [0.25, 0.3) is 0 Å². The van der Waals surface area contributed by atoms with Gasteiger partial charge >= 0.3 is 0 Å². The molecule has 1 aliphatic rings. The van der Waals surface area contributed by atoms with Gasteiger partial charge in [-0.3, -0.25) is 10.1 Å². The van der Waals surface area contributed by atoms with E-state index in [1.807, 2.05) is 18.2 Å². The molecule has 1 aromatic rings. The molecule has 2 atom stereocenters. The van der Waals surface area contributed by atoms with Crippen LogP contribution >= 0.6 is 28.1 Å². The highest BCUT2D eigenvalue weighted by Gasteiger charge is 2.22. The van der Waals surface area contributed by atoms with Crippen molar-refractivity contribution in [1.82, 2.24) is 10.6 Å². The summed E-state index contributed by atoms with van der Waals surface area (Å²) >= 11 is 8.62. The number of hydrogen-bond acceptors (Lipinski definition) is 2. The number of nitrogens with one attached hydrogen (secondary N) is 2. The van der Waals surface area contributed by atoms with Crippen molar-refractivity contribution in [3.05, 3.63) is 34.3 Å². The molecular formula is C15H19BrN2OS. The van der Waals surface area contributed by atoms with Crippen molar-refractivity contribution in [2.75, 3.05) is 0 Å². The first-order valence-corrected chi connectivity index (χ1v) is 8.14. The average molecular weight is 355 g/mol. The van der Waals surface area contributed by atoms with E-state index in [-0.39, 0.29) is 5.91 Å². The lowest BCUT2D eigenvalue weighted by molar-refractivity contribution is 0.0975. The fourth-order valence-electron chi connectivity index (χ4n) is 2.55. The van der Waals surface area contributed by atoms with Crippen molar-refractivity contribution in [3.63, 3.8) is 0 Å². The SMILES string of the molecule is C[C@H]1CCCC[C@H]1NC(=S)NC(=O)c1ccccc1Br. The number of carbonyl (C=O) groups is 1. The molecule has 0 aromatic heterocycles. The molecule has 2 rings (SSSR count). The lowest BCUT2D eigenvalue weighted by Gasteiger charge is -2.30. The summed E-state index contributed by atoms with van der Waals surface area (Å²) in [7, 11) is 0. The first-order chi connectivity index (χ1) is 9.58. The second kappa shape index (κ2) is 7.18. The molecule has 2 N–H and O–H groups in total. The first-order valence-electron chi connectivity index (χ1n) is 6.94. The second-order valence-electron chi connectivity index (χ2n) is 5.28. The summed E-state index contributed by atoms with van der Waals surface area (Å²) in [6, 6.07) is 7.69. The van der Waals surface area contributed by atoms with Crippen LogP contribution in [0.15, 0.2) is 28.7 Å². The lowest BCUT2D eigenvalue weighted by atomic mass is 9.86. The molecule has 0 radical (unpaired) electrons. The number of halogens is 1. The summed E-state index contributed by atoms with van der Waals surface area (Å²) in [6.07, 6.45) is 4.85. The Hall–Kier alpha value is -0.940. The molecular weight excluding hydrogens is 336 g/mol. The number of rotatable bonds is 2. The number of amides is 1. The average Bonchev–Trinajstić information content (AvgIpc) is 2.41. The van der Waals surface area contributed by atoms with Gasteiger partial charge in [0.1, 0.15) is 0 Å². The van der Waals surface area contributed by atoms with E-state index >= 15 is 0 Å². The third-order valence-corrected chi connectivity index (χ3v) is 4.68. The molecule has 0 unspecified atom stereocenters. The van der Waals surface area contributed by atoms with Crippen molar-refractivity contribution in [3.8, 4) is 0 Å². The fourth-order valence-corrected chi connectivity index (χ4v) is 3.26. The molecule has 108 valence electrons. The van der Waals surface area contributed by atoms with Crippen LogP contribution < -0.4 is 10.6 Å². The standard InChI is InChI=1S/C15H19BrN2OS/c1-10-6-2-5-9-13(10)17-15(20)18-14(19)11-7-3-4-8-12(11)16/h3-4,7-8,10,13H,2,5-6,9H2,1H3,(H2,17,18,19,20)/t10-,13+/m0/s1. The minimum atomic E-state index is -0.182. The van der Waals surface area contributed by atoms with Gasteiger partial charge in [0, 0.05) is 10.5 Å². The van der Waals surface area contributed by atoms with Crippen molar-refractivity contribution in [1.29, 1.82) is 0 Å². The van der Waals surface area contributed by atoms with E-state index in [4.69, 9.17) is 12.2 Å². The second-order valence-corrected chi connectivity index (χ2v) is 6.54. The third-order valence-electron chi connectivity index (χ3n) is 3.77. The molecule has 0 heterocycles. The van der Waals surface area contributed by atoms with Gasteiger partial charge in [-0.05, 0) is 59.0 Å². The van der Waals surface area contributed by atoms with Crippen molar-refractivity contribution >= 4 is 39.2 Å². The molecule has 0 aliphatic heterocycles. The Morgan fingerprint density at radius 3 is 2.70 bits per heavy atom. The van der Waals surface area contributed by atoms with Crippen molar-refractivity contribution in [2.24, 2.45) is 5.92 Å². The maximum Gasteiger partial charge on any atom is 0.258 e. The van der Waals surface area contributed by atoms with Gasteiger partial charge in [-0.1, -0.05) is 31.9 Å². The van der Waals surface area contributed by atoms with Crippen LogP contribution in [0.2, 0.25) is 0 Å². The maximum atomic E-state index is 12.1. The molecule has 20 heavy (non-hydrogen) atoms.